The van der Waals surface area contributed by atoms with Crippen molar-refractivity contribution >= 4 is 35.2 Å². The van der Waals surface area contributed by atoms with Crippen LogP contribution in [0, 0.1) is 11.8 Å². The van der Waals surface area contributed by atoms with Gasteiger partial charge in [-0.1, -0.05) is 73.2 Å². The molecule has 1 aliphatic carbocycles. The second-order valence-electron chi connectivity index (χ2n) is 10.5. The van der Waals surface area contributed by atoms with Crippen molar-refractivity contribution in [1.29, 1.82) is 0 Å². The van der Waals surface area contributed by atoms with Crippen LogP contribution in [-0.4, -0.2) is 57.5 Å². The van der Waals surface area contributed by atoms with Gasteiger partial charge in [0.15, 0.2) is 0 Å². The molecule has 2 aliphatic rings. The van der Waals surface area contributed by atoms with E-state index in [0.717, 1.165) is 43.4 Å². The topological polar surface area (TPSA) is 135 Å². The second kappa shape index (κ2) is 14.2. The highest BCUT2D eigenvalue weighted by Gasteiger charge is 2.42. The molecule has 40 heavy (non-hydrogen) atoms. The predicted octanol–water partition coefficient (Wildman–Crippen LogP) is 4.01. The molecule has 10 heteroatoms. The SMILES string of the molecule is C=Cc1csc(OC2C[C@@H](C(N)=O)N(C(=O)C(CCCCC/C=C\[C@@H]3C[C@@H]3C(=O)O)NCc3ccccc3)C2)n1. The molecule has 9 nitrogen and oxygen atoms in total. The van der Waals surface area contributed by atoms with Crippen LogP contribution in [-0.2, 0) is 20.9 Å². The summed E-state index contributed by atoms with van der Waals surface area (Å²) in [5, 5.41) is 14.7. The normalized spacial score (nSPS) is 22.8. The fraction of sp³-hybridized carbons (Fsp3) is 0.467. The summed E-state index contributed by atoms with van der Waals surface area (Å²) in [5.74, 6) is -1.45. The zero-order chi connectivity index (χ0) is 28.5. The Labute approximate surface area is 239 Å². The quantitative estimate of drug-likeness (QED) is 0.206. The van der Waals surface area contributed by atoms with E-state index in [2.05, 4.69) is 23.0 Å². The van der Waals surface area contributed by atoms with Crippen molar-refractivity contribution < 1.29 is 24.2 Å². The summed E-state index contributed by atoms with van der Waals surface area (Å²) in [6.45, 7) is 4.51. The molecule has 1 saturated carbocycles. The molecule has 5 atom stereocenters. The van der Waals surface area contributed by atoms with Gasteiger partial charge in [0.1, 0.15) is 12.1 Å². The van der Waals surface area contributed by atoms with E-state index < -0.39 is 24.0 Å². The van der Waals surface area contributed by atoms with Gasteiger partial charge in [-0.25, -0.2) is 4.98 Å². The Morgan fingerprint density at radius 2 is 2.02 bits per heavy atom. The number of aliphatic carboxylic acids is 1. The summed E-state index contributed by atoms with van der Waals surface area (Å²) in [5.41, 5.74) is 7.51. The summed E-state index contributed by atoms with van der Waals surface area (Å²) < 4.78 is 6.00. The number of ether oxygens (including phenoxy) is 1. The van der Waals surface area contributed by atoms with E-state index in [4.69, 9.17) is 15.6 Å². The highest BCUT2D eigenvalue weighted by molar-refractivity contribution is 7.11. The number of carboxylic acid groups (broad SMARTS) is 1. The van der Waals surface area contributed by atoms with Crippen LogP contribution in [0.2, 0.25) is 0 Å². The van der Waals surface area contributed by atoms with Crippen molar-refractivity contribution in [1.82, 2.24) is 15.2 Å². The van der Waals surface area contributed by atoms with Crippen molar-refractivity contribution in [3.8, 4) is 5.19 Å². The summed E-state index contributed by atoms with van der Waals surface area (Å²) >= 11 is 1.35. The minimum absolute atomic E-state index is 0.148. The lowest BCUT2D eigenvalue weighted by Crippen LogP contribution is -2.51. The van der Waals surface area contributed by atoms with Crippen LogP contribution in [0.3, 0.4) is 0 Å². The Balaban J connectivity index is 1.33. The zero-order valence-electron chi connectivity index (χ0n) is 22.6. The summed E-state index contributed by atoms with van der Waals surface area (Å²) in [7, 11) is 0. The minimum Gasteiger partial charge on any atom is -0.481 e. The Morgan fingerprint density at radius 1 is 1.23 bits per heavy atom. The molecule has 2 aromatic rings. The number of allylic oxidation sites excluding steroid dienone is 2. The standard InChI is InChI=1S/C30H38N4O5S/c1-2-22-19-40-30(33-22)39-23-16-26(27(31)35)34(18-23)28(36)25(32-17-20-11-7-6-8-12-20)14-10-5-3-4-9-13-21-15-24(21)29(37)38/h2,6-9,11-13,19,21,23-26,32H,1,3-5,10,14-18H2,(H2,31,35)(H,37,38)/b13-9-/t21-,23?,24+,25?,26+/m1/s1. The highest BCUT2D eigenvalue weighted by Crippen LogP contribution is 2.39. The first-order valence-corrected chi connectivity index (χ1v) is 14.7. The van der Waals surface area contributed by atoms with Crippen molar-refractivity contribution in [2.45, 2.75) is 69.7 Å². The number of benzene rings is 1. The van der Waals surface area contributed by atoms with Crippen molar-refractivity contribution in [2.24, 2.45) is 17.6 Å². The van der Waals surface area contributed by atoms with E-state index in [9.17, 15) is 14.4 Å². The number of nitrogens with two attached hydrogens (primary N) is 1. The number of hydrogen-bond donors (Lipinski definition) is 3. The van der Waals surface area contributed by atoms with Gasteiger partial charge in [0.25, 0.3) is 5.19 Å². The molecule has 1 aliphatic heterocycles. The van der Waals surface area contributed by atoms with Gasteiger partial charge in [-0.3, -0.25) is 14.4 Å². The number of nitrogens with one attached hydrogen (secondary N) is 1. The van der Waals surface area contributed by atoms with Crippen LogP contribution in [0.1, 0.15) is 56.2 Å². The molecule has 2 amide bonds. The lowest BCUT2D eigenvalue weighted by molar-refractivity contribution is -0.139. The molecular formula is C30H38N4O5S. The molecule has 0 bridgehead atoms. The summed E-state index contributed by atoms with van der Waals surface area (Å²) in [4.78, 5) is 43.0. The Kier molecular flexibility index (Phi) is 10.5. The monoisotopic (exact) mass is 566 g/mol. The van der Waals surface area contributed by atoms with Gasteiger partial charge >= 0.3 is 5.97 Å². The molecule has 1 saturated heterocycles. The predicted molar refractivity (Wildman–Crippen MR) is 154 cm³/mol. The summed E-state index contributed by atoms with van der Waals surface area (Å²) in [6.07, 6.45) is 10.7. The number of amides is 2. The maximum atomic E-state index is 13.8. The lowest BCUT2D eigenvalue weighted by Gasteiger charge is -2.28. The third-order valence-corrected chi connectivity index (χ3v) is 8.20. The number of hydrogen-bond acceptors (Lipinski definition) is 7. The Morgan fingerprint density at radius 3 is 2.70 bits per heavy atom. The molecule has 2 unspecified atom stereocenters. The third-order valence-electron chi connectivity index (χ3n) is 7.45. The molecule has 4 N–H and O–H groups in total. The average Bonchev–Trinajstić information content (AvgIpc) is 3.38. The van der Waals surface area contributed by atoms with Gasteiger partial charge in [0, 0.05) is 18.3 Å². The van der Waals surface area contributed by atoms with E-state index in [1.54, 1.807) is 11.0 Å². The van der Waals surface area contributed by atoms with Crippen LogP contribution in [0.15, 0.2) is 54.4 Å². The number of rotatable bonds is 16. The van der Waals surface area contributed by atoms with Gasteiger partial charge in [0.05, 0.1) is 24.2 Å². The van der Waals surface area contributed by atoms with Crippen molar-refractivity contribution in [3.63, 3.8) is 0 Å². The number of likely N-dealkylation sites (tertiary alicyclic amines) is 1. The number of unbranched alkanes of at least 4 members (excludes halogenated alkanes) is 3. The number of thiazole rings is 1. The first kappa shape index (κ1) is 29.5. The van der Waals surface area contributed by atoms with Gasteiger partial charge in [0.2, 0.25) is 11.8 Å². The Bertz CT molecular complexity index is 1200. The number of aromatic nitrogens is 1. The fourth-order valence-corrected chi connectivity index (χ4v) is 5.80. The first-order chi connectivity index (χ1) is 19.4. The van der Waals surface area contributed by atoms with Gasteiger partial charge < -0.3 is 25.8 Å². The molecular weight excluding hydrogens is 528 g/mol. The zero-order valence-corrected chi connectivity index (χ0v) is 23.4. The molecule has 2 fully saturated rings. The highest BCUT2D eigenvalue weighted by atomic mass is 32.1. The molecule has 2 heterocycles. The van der Waals surface area contributed by atoms with Crippen LogP contribution < -0.4 is 15.8 Å². The van der Waals surface area contributed by atoms with Gasteiger partial charge in [-0.15, -0.1) is 0 Å². The van der Waals surface area contributed by atoms with Crippen molar-refractivity contribution in [2.75, 3.05) is 6.54 Å². The average molecular weight is 567 g/mol. The van der Waals surface area contributed by atoms with E-state index in [0.29, 0.717) is 24.6 Å². The third kappa shape index (κ3) is 8.25. The van der Waals surface area contributed by atoms with E-state index in [1.165, 1.54) is 11.3 Å². The smallest absolute Gasteiger partial charge is 0.307 e. The van der Waals surface area contributed by atoms with Crippen LogP contribution in [0.25, 0.3) is 6.08 Å². The minimum atomic E-state index is -0.737. The molecule has 1 aromatic heterocycles. The fourth-order valence-electron chi connectivity index (χ4n) is 5.08. The largest absolute Gasteiger partial charge is 0.481 e. The molecule has 4 rings (SSSR count). The van der Waals surface area contributed by atoms with E-state index in [-0.39, 0.29) is 30.4 Å². The molecule has 1 aromatic carbocycles. The number of nitrogens with zero attached hydrogens (tertiary/aromatic N) is 2. The van der Waals surface area contributed by atoms with E-state index in [1.807, 2.05) is 41.8 Å². The van der Waals surface area contributed by atoms with Crippen LogP contribution in [0.4, 0.5) is 0 Å². The number of carboxylic acids is 1. The number of carbonyl (C=O) groups is 3. The number of primary amides is 1. The van der Waals surface area contributed by atoms with E-state index >= 15 is 0 Å². The van der Waals surface area contributed by atoms with Crippen LogP contribution >= 0.6 is 11.3 Å². The number of carbonyl (C=O) groups excluding carboxylic acids is 2. The molecule has 214 valence electrons. The van der Waals surface area contributed by atoms with Crippen LogP contribution in [0.5, 0.6) is 5.19 Å². The van der Waals surface area contributed by atoms with Gasteiger partial charge in [-0.05, 0) is 43.2 Å². The molecule has 0 spiro atoms. The van der Waals surface area contributed by atoms with Gasteiger partial charge in [-0.2, -0.15) is 0 Å². The second-order valence-corrected chi connectivity index (χ2v) is 11.3. The summed E-state index contributed by atoms with van der Waals surface area (Å²) in [6, 6.07) is 8.69. The first-order valence-electron chi connectivity index (χ1n) is 13.9. The van der Waals surface area contributed by atoms with Crippen molar-refractivity contribution in [3.05, 3.63) is 65.7 Å². The lowest BCUT2D eigenvalue weighted by atomic mass is 10.0. The maximum absolute atomic E-state index is 13.8. The molecule has 0 radical (unpaired) electrons. The Hall–Kier alpha value is -3.50. The maximum Gasteiger partial charge on any atom is 0.307 e.